The Hall–Kier alpha value is -2.01. The topological polar surface area (TPSA) is 75.3 Å². The van der Waals surface area contributed by atoms with Gasteiger partial charge in [0.15, 0.2) is 0 Å². The van der Waals surface area contributed by atoms with E-state index in [-0.39, 0.29) is 11.7 Å². The average molecular weight is 321 g/mol. The van der Waals surface area contributed by atoms with Gasteiger partial charge in [-0.1, -0.05) is 6.07 Å². The average Bonchev–Trinajstić information content (AvgIpc) is 2.36. The summed E-state index contributed by atoms with van der Waals surface area (Å²) >= 11 is 3.16. The number of benzene rings is 2. The number of aryl methyl sites for hydroxylation is 1. The molecule has 2 aromatic carbocycles. The number of aromatic hydroxyl groups is 1. The van der Waals surface area contributed by atoms with Crippen molar-refractivity contribution in [1.29, 1.82) is 0 Å². The highest BCUT2D eigenvalue weighted by molar-refractivity contribution is 9.10. The van der Waals surface area contributed by atoms with Gasteiger partial charge < -0.3 is 16.2 Å². The first-order valence-electron chi connectivity index (χ1n) is 5.63. The highest BCUT2D eigenvalue weighted by Gasteiger charge is 2.10. The van der Waals surface area contributed by atoms with Gasteiger partial charge in [-0.15, -0.1) is 0 Å². The van der Waals surface area contributed by atoms with Gasteiger partial charge in [0.05, 0.1) is 15.8 Å². The fourth-order valence-corrected chi connectivity index (χ4v) is 1.89. The Morgan fingerprint density at radius 3 is 2.63 bits per heavy atom. The van der Waals surface area contributed by atoms with Crippen molar-refractivity contribution >= 4 is 33.2 Å². The van der Waals surface area contributed by atoms with E-state index >= 15 is 0 Å². The molecule has 0 aliphatic heterocycles. The molecule has 0 saturated carbocycles. The number of anilines is 2. The van der Waals surface area contributed by atoms with E-state index in [2.05, 4.69) is 21.2 Å². The van der Waals surface area contributed by atoms with E-state index in [9.17, 15) is 9.90 Å². The van der Waals surface area contributed by atoms with Crippen LogP contribution < -0.4 is 11.1 Å². The Kier molecular flexibility index (Phi) is 3.76. The number of halogens is 1. The third-order valence-electron chi connectivity index (χ3n) is 2.66. The Morgan fingerprint density at radius 1 is 1.26 bits per heavy atom. The van der Waals surface area contributed by atoms with E-state index < -0.39 is 0 Å². The number of phenolic OH excluding ortho intramolecular Hbond substituents is 1. The second-order valence-corrected chi connectivity index (χ2v) is 5.07. The van der Waals surface area contributed by atoms with Crippen LogP contribution in [0.3, 0.4) is 0 Å². The maximum absolute atomic E-state index is 12.0. The van der Waals surface area contributed by atoms with Crippen LogP contribution in [0.15, 0.2) is 40.9 Å². The predicted octanol–water partition coefficient (Wildman–Crippen LogP) is 3.30. The van der Waals surface area contributed by atoms with Crippen molar-refractivity contribution in [2.45, 2.75) is 6.92 Å². The Labute approximate surface area is 119 Å². The number of hydrogen-bond donors (Lipinski definition) is 3. The monoisotopic (exact) mass is 320 g/mol. The molecule has 2 rings (SSSR count). The van der Waals surface area contributed by atoms with Crippen LogP contribution in [0.1, 0.15) is 15.9 Å². The molecule has 0 fully saturated rings. The van der Waals surface area contributed by atoms with Crippen LogP contribution in [0.4, 0.5) is 11.4 Å². The van der Waals surface area contributed by atoms with Gasteiger partial charge in [-0.05, 0) is 58.7 Å². The zero-order valence-electron chi connectivity index (χ0n) is 10.3. The Morgan fingerprint density at radius 2 is 2.00 bits per heavy atom. The minimum Gasteiger partial charge on any atom is -0.507 e. The predicted molar refractivity (Wildman–Crippen MR) is 79.4 cm³/mol. The Bertz CT molecular complexity index is 641. The maximum Gasteiger partial charge on any atom is 0.255 e. The lowest BCUT2D eigenvalue weighted by Crippen LogP contribution is -2.13. The van der Waals surface area contributed by atoms with Crippen molar-refractivity contribution in [3.05, 3.63) is 52.0 Å². The minimum atomic E-state index is -0.321. The summed E-state index contributed by atoms with van der Waals surface area (Å²) in [4.78, 5) is 12.0. The molecular weight excluding hydrogens is 308 g/mol. The molecule has 0 radical (unpaired) electrons. The summed E-state index contributed by atoms with van der Waals surface area (Å²) in [6.45, 7) is 1.93. The molecule has 0 spiro atoms. The molecular formula is C14H13BrN2O2. The first-order valence-corrected chi connectivity index (χ1v) is 6.42. The number of rotatable bonds is 2. The Balaban J connectivity index is 2.23. The van der Waals surface area contributed by atoms with Gasteiger partial charge in [-0.3, -0.25) is 4.79 Å². The number of amides is 1. The number of nitrogen functional groups attached to an aromatic ring is 1. The van der Waals surface area contributed by atoms with Gasteiger partial charge in [-0.2, -0.15) is 0 Å². The van der Waals surface area contributed by atoms with E-state index in [4.69, 9.17) is 5.73 Å². The van der Waals surface area contributed by atoms with Gasteiger partial charge in [0.25, 0.3) is 5.91 Å². The standard InChI is InChI=1S/C14H13BrN2O2/c1-8-2-5-12(11(16)6-8)17-14(19)9-3-4-10(15)13(18)7-9/h2-7,18H,16H2,1H3,(H,17,19). The van der Waals surface area contributed by atoms with Crippen molar-refractivity contribution in [3.8, 4) is 5.75 Å². The SMILES string of the molecule is Cc1ccc(NC(=O)c2ccc(Br)c(O)c2)c(N)c1. The molecule has 0 aliphatic carbocycles. The summed E-state index contributed by atoms with van der Waals surface area (Å²) in [6, 6.07) is 10.0. The minimum absolute atomic E-state index is 0.0181. The number of nitrogens with two attached hydrogens (primary N) is 1. The second-order valence-electron chi connectivity index (χ2n) is 4.21. The van der Waals surface area contributed by atoms with Crippen molar-refractivity contribution in [2.75, 3.05) is 11.1 Å². The summed E-state index contributed by atoms with van der Waals surface area (Å²) in [5, 5.41) is 12.3. The fraction of sp³-hybridized carbons (Fsp3) is 0.0714. The van der Waals surface area contributed by atoms with Crippen LogP contribution in [-0.2, 0) is 0 Å². The lowest BCUT2D eigenvalue weighted by atomic mass is 10.1. The molecule has 2 aromatic rings. The molecule has 1 amide bonds. The number of hydrogen-bond acceptors (Lipinski definition) is 3. The van der Waals surface area contributed by atoms with Crippen LogP contribution in [0.25, 0.3) is 0 Å². The zero-order valence-corrected chi connectivity index (χ0v) is 11.9. The third kappa shape index (κ3) is 3.06. The van der Waals surface area contributed by atoms with Gasteiger partial charge in [0.1, 0.15) is 5.75 Å². The number of carbonyl (C=O) groups excluding carboxylic acids is 1. The van der Waals surface area contributed by atoms with Crippen LogP contribution in [0.2, 0.25) is 0 Å². The zero-order chi connectivity index (χ0) is 14.0. The first kappa shape index (κ1) is 13.4. The van der Waals surface area contributed by atoms with Crippen LogP contribution in [0, 0.1) is 6.92 Å². The van der Waals surface area contributed by atoms with Gasteiger partial charge in [0.2, 0.25) is 0 Å². The molecule has 0 aromatic heterocycles. The largest absolute Gasteiger partial charge is 0.507 e. The van der Waals surface area contributed by atoms with E-state index in [0.29, 0.717) is 21.4 Å². The van der Waals surface area contributed by atoms with Crippen LogP contribution in [-0.4, -0.2) is 11.0 Å². The van der Waals surface area contributed by atoms with Crippen molar-refractivity contribution in [3.63, 3.8) is 0 Å². The first-order chi connectivity index (χ1) is 8.97. The molecule has 0 aliphatic rings. The molecule has 0 saturated heterocycles. The lowest BCUT2D eigenvalue weighted by Gasteiger charge is -2.09. The summed E-state index contributed by atoms with van der Waals surface area (Å²) in [6.07, 6.45) is 0. The fourth-order valence-electron chi connectivity index (χ4n) is 1.64. The number of nitrogens with one attached hydrogen (secondary N) is 1. The molecule has 4 N–H and O–H groups in total. The molecule has 19 heavy (non-hydrogen) atoms. The summed E-state index contributed by atoms with van der Waals surface area (Å²) in [5.41, 5.74) is 8.28. The van der Waals surface area contributed by atoms with Crippen LogP contribution >= 0.6 is 15.9 Å². The van der Waals surface area contributed by atoms with E-state index in [1.807, 2.05) is 13.0 Å². The van der Waals surface area contributed by atoms with Crippen molar-refractivity contribution in [2.24, 2.45) is 0 Å². The molecule has 0 atom stereocenters. The summed E-state index contributed by atoms with van der Waals surface area (Å²) < 4.78 is 0.541. The summed E-state index contributed by atoms with van der Waals surface area (Å²) in [7, 11) is 0. The maximum atomic E-state index is 12.0. The number of phenols is 1. The second kappa shape index (κ2) is 5.32. The van der Waals surface area contributed by atoms with Crippen molar-refractivity contribution in [1.82, 2.24) is 0 Å². The molecule has 0 bridgehead atoms. The molecule has 98 valence electrons. The van der Waals surface area contributed by atoms with Gasteiger partial charge in [-0.25, -0.2) is 0 Å². The normalized spacial score (nSPS) is 10.2. The highest BCUT2D eigenvalue weighted by Crippen LogP contribution is 2.25. The quantitative estimate of drug-likeness (QED) is 0.743. The van der Waals surface area contributed by atoms with Gasteiger partial charge in [0, 0.05) is 5.56 Å². The van der Waals surface area contributed by atoms with E-state index in [0.717, 1.165) is 5.56 Å². The smallest absolute Gasteiger partial charge is 0.255 e. The van der Waals surface area contributed by atoms with Gasteiger partial charge >= 0.3 is 0 Å². The molecule has 4 nitrogen and oxygen atoms in total. The molecule has 0 unspecified atom stereocenters. The molecule has 0 heterocycles. The van der Waals surface area contributed by atoms with Crippen molar-refractivity contribution < 1.29 is 9.90 Å². The van der Waals surface area contributed by atoms with E-state index in [1.54, 1.807) is 24.3 Å². The van der Waals surface area contributed by atoms with Crippen LogP contribution in [0.5, 0.6) is 5.75 Å². The molecule has 5 heteroatoms. The van der Waals surface area contributed by atoms with E-state index in [1.165, 1.54) is 6.07 Å². The third-order valence-corrected chi connectivity index (χ3v) is 3.33. The lowest BCUT2D eigenvalue weighted by molar-refractivity contribution is 0.102. The number of carbonyl (C=O) groups is 1. The highest BCUT2D eigenvalue weighted by atomic mass is 79.9. The summed E-state index contributed by atoms with van der Waals surface area (Å²) in [5.74, 6) is -0.303.